The van der Waals surface area contributed by atoms with Crippen molar-refractivity contribution in [2.24, 2.45) is 0 Å². The predicted octanol–water partition coefficient (Wildman–Crippen LogP) is 1.12. The Morgan fingerprint density at radius 3 is 2.93 bits per heavy atom. The summed E-state index contributed by atoms with van der Waals surface area (Å²) in [4.78, 5) is 14.5. The quantitative estimate of drug-likeness (QED) is 0.803. The highest BCUT2D eigenvalue weighted by atomic mass is 16.5. The van der Waals surface area contributed by atoms with E-state index in [9.17, 15) is 4.79 Å². The molecule has 0 radical (unpaired) electrons. The van der Waals surface area contributed by atoms with E-state index in [-0.39, 0.29) is 6.42 Å². The van der Waals surface area contributed by atoms with Crippen LogP contribution in [0.15, 0.2) is 24.4 Å². The molecule has 1 aliphatic heterocycles. The summed E-state index contributed by atoms with van der Waals surface area (Å²) < 4.78 is 5.19. The van der Waals surface area contributed by atoms with E-state index in [1.807, 2.05) is 12.1 Å². The zero-order valence-corrected chi connectivity index (χ0v) is 8.14. The molecule has 0 bridgehead atoms. The highest BCUT2D eigenvalue weighted by Crippen LogP contribution is 2.18. The summed E-state index contributed by atoms with van der Waals surface area (Å²) in [6.45, 7) is 1.26. The van der Waals surface area contributed by atoms with Gasteiger partial charge in [-0.05, 0) is 17.2 Å². The second kappa shape index (κ2) is 4.23. The molecule has 4 nitrogen and oxygen atoms in total. The van der Waals surface area contributed by atoms with Gasteiger partial charge in [-0.3, -0.25) is 9.78 Å². The van der Waals surface area contributed by atoms with E-state index >= 15 is 0 Å². The van der Waals surface area contributed by atoms with Gasteiger partial charge < -0.3 is 9.84 Å². The van der Waals surface area contributed by atoms with Crippen LogP contribution < -0.4 is 0 Å². The van der Waals surface area contributed by atoms with Crippen LogP contribution in [0.3, 0.4) is 0 Å². The van der Waals surface area contributed by atoms with Crippen molar-refractivity contribution in [2.75, 3.05) is 13.2 Å². The Balaban J connectivity index is 2.13. The number of ether oxygens (including phenoxy) is 1. The zero-order valence-electron chi connectivity index (χ0n) is 8.14. The molecule has 0 unspecified atom stereocenters. The molecule has 1 N–H and O–H groups in total. The summed E-state index contributed by atoms with van der Waals surface area (Å²) >= 11 is 0. The van der Waals surface area contributed by atoms with Crippen LogP contribution in [0, 0.1) is 0 Å². The van der Waals surface area contributed by atoms with Gasteiger partial charge in [0.1, 0.15) is 0 Å². The van der Waals surface area contributed by atoms with Gasteiger partial charge in [-0.1, -0.05) is 12.1 Å². The van der Waals surface area contributed by atoms with E-state index in [1.165, 1.54) is 0 Å². The van der Waals surface area contributed by atoms with Crippen LogP contribution in [0.25, 0.3) is 5.57 Å². The molecular weight excluding hydrogens is 194 g/mol. The lowest BCUT2D eigenvalue weighted by molar-refractivity contribution is -0.136. The van der Waals surface area contributed by atoms with Crippen molar-refractivity contribution in [3.05, 3.63) is 35.7 Å². The average Bonchev–Trinajstić information content (AvgIpc) is 2.71. The third-order valence-corrected chi connectivity index (χ3v) is 2.23. The number of nitrogens with zero attached hydrogens (tertiary/aromatic N) is 1. The SMILES string of the molecule is O=C(O)Cc1ccc(C2=CCOC2)cn1. The Labute approximate surface area is 87.2 Å². The maximum absolute atomic E-state index is 10.4. The molecule has 0 fully saturated rings. The molecule has 0 aromatic carbocycles. The second-order valence-electron chi connectivity index (χ2n) is 3.35. The topological polar surface area (TPSA) is 59.4 Å². The van der Waals surface area contributed by atoms with Crippen LogP contribution in [-0.2, 0) is 16.0 Å². The maximum Gasteiger partial charge on any atom is 0.309 e. The van der Waals surface area contributed by atoms with Gasteiger partial charge in [-0.25, -0.2) is 0 Å². The Hall–Kier alpha value is -1.68. The van der Waals surface area contributed by atoms with Gasteiger partial charge in [0.15, 0.2) is 0 Å². The van der Waals surface area contributed by atoms with E-state index in [1.54, 1.807) is 12.3 Å². The van der Waals surface area contributed by atoms with Crippen LogP contribution in [0.1, 0.15) is 11.3 Å². The first-order valence-electron chi connectivity index (χ1n) is 4.69. The first kappa shape index (κ1) is 9.86. The van der Waals surface area contributed by atoms with E-state index in [0.29, 0.717) is 18.9 Å². The molecule has 15 heavy (non-hydrogen) atoms. The molecule has 0 saturated carbocycles. The molecule has 0 atom stereocenters. The Bertz CT molecular complexity index is 395. The normalized spacial score (nSPS) is 15.1. The van der Waals surface area contributed by atoms with Gasteiger partial charge in [0, 0.05) is 6.20 Å². The average molecular weight is 205 g/mol. The first-order chi connectivity index (χ1) is 7.25. The molecule has 0 amide bonds. The maximum atomic E-state index is 10.4. The van der Waals surface area contributed by atoms with Gasteiger partial charge in [0.2, 0.25) is 0 Å². The lowest BCUT2D eigenvalue weighted by Crippen LogP contribution is -2.02. The number of carbonyl (C=O) groups is 1. The summed E-state index contributed by atoms with van der Waals surface area (Å²) in [6, 6.07) is 3.62. The Kier molecular flexibility index (Phi) is 2.78. The fraction of sp³-hybridized carbons (Fsp3) is 0.273. The Morgan fingerprint density at radius 2 is 2.40 bits per heavy atom. The second-order valence-corrected chi connectivity index (χ2v) is 3.35. The van der Waals surface area contributed by atoms with E-state index in [2.05, 4.69) is 4.98 Å². The van der Waals surface area contributed by atoms with Crippen LogP contribution >= 0.6 is 0 Å². The Morgan fingerprint density at radius 1 is 1.53 bits per heavy atom. The van der Waals surface area contributed by atoms with Gasteiger partial charge in [-0.2, -0.15) is 0 Å². The van der Waals surface area contributed by atoms with E-state index in [4.69, 9.17) is 9.84 Å². The van der Waals surface area contributed by atoms with Crippen LogP contribution in [0.5, 0.6) is 0 Å². The number of carboxylic acids is 1. The third kappa shape index (κ3) is 2.41. The number of aromatic nitrogens is 1. The smallest absolute Gasteiger partial charge is 0.309 e. The molecule has 0 aliphatic carbocycles. The minimum absolute atomic E-state index is 0.0319. The third-order valence-electron chi connectivity index (χ3n) is 2.23. The van der Waals surface area contributed by atoms with Crippen molar-refractivity contribution in [1.82, 2.24) is 4.98 Å². The fourth-order valence-electron chi connectivity index (χ4n) is 1.46. The van der Waals surface area contributed by atoms with E-state index < -0.39 is 5.97 Å². The van der Waals surface area contributed by atoms with Crippen molar-refractivity contribution in [2.45, 2.75) is 6.42 Å². The van der Waals surface area contributed by atoms with Crippen molar-refractivity contribution in [3.8, 4) is 0 Å². The number of rotatable bonds is 3. The predicted molar refractivity (Wildman–Crippen MR) is 54.4 cm³/mol. The molecule has 78 valence electrons. The molecule has 2 heterocycles. The van der Waals surface area contributed by atoms with Gasteiger partial charge >= 0.3 is 5.97 Å². The highest BCUT2D eigenvalue weighted by Gasteiger charge is 2.08. The number of aliphatic carboxylic acids is 1. The molecule has 1 aromatic heterocycles. The monoisotopic (exact) mass is 205 g/mol. The minimum Gasteiger partial charge on any atom is -0.481 e. The van der Waals surface area contributed by atoms with Crippen LogP contribution in [0.4, 0.5) is 0 Å². The minimum atomic E-state index is -0.862. The number of carboxylic acid groups (broad SMARTS) is 1. The summed E-state index contributed by atoms with van der Waals surface area (Å²) in [5.41, 5.74) is 2.69. The fourth-order valence-corrected chi connectivity index (χ4v) is 1.46. The van der Waals surface area contributed by atoms with Crippen molar-refractivity contribution in [3.63, 3.8) is 0 Å². The molecular formula is C11H11NO3. The number of hydrogen-bond donors (Lipinski definition) is 1. The van der Waals surface area contributed by atoms with Gasteiger partial charge in [-0.15, -0.1) is 0 Å². The van der Waals surface area contributed by atoms with Crippen LogP contribution in [-0.4, -0.2) is 29.3 Å². The van der Waals surface area contributed by atoms with Gasteiger partial charge in [0.05, 0.1) is 25.3 Å². The standard InChI is InChI=1S/C11H11NO3/c13-11(14)5-10-2-1-8(6-12-10)9-3-4-15-7-9/h1-3,6H,4-5,7H2,(H,13,14). The lowest BCUT2D eigenvalue weighted by Gasteiger charge is -2.01. The van der Waals surface area contributed by atoms with Crippen LogP contribution in [0.2, 0.25) is 0 Å². The molecule has 1 aliphatic rings. The van der Waals surface area contributed by atoms with E-state index in [0.717, 1.165) is 11.1 Å². The molecule has 0 spiro atoms. The molecule has 0 saturated heterocycles. The summed E-state index contributed by atoms with van der Waals surface area (Å²) in [7, 11) is 0. The number of pyridine rings is 1. The summed E-state index contributed by atoms with van der Waals surface area (Å²) in [6.07, 6.45) is 3.67. The van der Waals surface area contributed by atoms with Crippen molar-refractivity contribution >= 4 is 11.5 Å². The molecule has 4 heteroatoms. The molecule has 2 rings (SSSR count). The molecule has 1 aromatic rings. The summed E-state index contributed by atoms with van der Waals surface area (Å²) in [5.74, 6) is -0.862. The van der Waals surface area contributed by atoms with Crippen molar-refractivity contribution in [1.29, 1.82) is 0 Å². The lowest BCUT2D eigenvalue weighted by atomic mass is 10.1. The van der Waals surface area contributed by atoms with Crippen molar-refractivity contribution < 1.29 is 14.6 Å². The first-order valence-corrected chi connectivity index (χ1v) is 4.69. The van der Waals surface area contributed by atoms with Gasteiger partial charge in [0.25, 0.3) is 0 Å². The summed E-state index contributed by atoms with van der Waals surface area (Å²) in [5, 5.41) is 8.58. The zero-order chi connectivity index (χ0) is 10.7. The number of hydrogen-bond acceptors (Lipinski definition) is 3. The largest absolute Gasteiger partial charge is 0.481 e. The highest BCUT2D eigenvalue weighted by molar-refractivity contribution is 5.70.